The number of benzene rings is 1. The predicted octanol–water partition coefficient (Wildman–Crippen LogP) is 1.71. The van der Waals surface area contributed by atoms with Crippen LogP contribution in [-0.4, -0.2) is 17.0 Å². The minimum atomic E-state index is -1.09. The Balaban J connectivity index is 3.04. The van der Waals surface area contributed by atoms with Crippen molar-refractivity contribution in [2.45, 2.75) is 13.0 Å². The third-order valence-corrected chi connectivity index (χ3v) is 2.53. The van der Waals surface area contributed by atoms with Crippen molar-refractivity contribution in [3.8, 4) is 0 Å². The molecule has 0 radical (unpaired) electrons. The molecule has 0 saturated heterocycles. The summed E-state index contributed by atoms with van der Waals surface area (Å²) in [7, 11) is 0. The molecule has 15 heavy (non-hydrogen) atoms. The highest BCUT2D eigenvalue weighted by Gasteiger charge is 2.22. The lowest BCUT2D eigenvalue weighted by Gasteiger charge is -2.14. The maximum atomic E-state index is 11.0. The van der Waals surface area contributed by atoms with Gasteiger partial charge >= 0.3 is 5.97 Å². The Morgan fingerprint density at radius 1 is 1.40 bits per heavy atom. The molecule has 0 bridgehead atoms. The summed E-state index contributed by atoms with van der Waals surface area (Å²) in [5, 5.41) is 11.3. The number of hydrogen-bond acceptors (Lipinski definition) is 2. The Morgan fingerprint density at radius 3 is 2.47 bits per heavy atom. The molecule has 1 rings (SSSR count). The summed E-state index contributed by atoms with van der Waals surface area (Å²) in [5.74, 6) is -1.46. The Labute approximate surface area is 95.4 Å². The molecule has 1 aromatic carbocycles. The van der Waals surface area contributed by atoms with Gasteiger partial charge in [0.15, 0.2) is 6.04 Å². The summed E-state index contributed by atoms with van der Waals surface area (Å²) in [6.45, 7) is 1.28. The van der Waals surface area contributed by atoms with Crippen LogP contribution in [0.3, 0.4) is 0 Å². The first-order valence-corrected chi connectivity index (χ1v) is 5.06. The highest BCUT2D eigenvalue weighted by atomic mass is 79.9. The van der Waals surface area contributed by atoms with Crippen molar-refractivity contribution in [2.75, 3.05) is 0 Å². The third kappa shape index (κ3) is 3.06. The van der Waals surface area contributed by atoms with E-state index in [1.165, 1.54) is 6.92 Å². The lowest BCUT2D eigenvalue weighted by Crippen LogP contribution is -2.32. The van der Waals surface area contributed by atoms with Gasteiger partial charge in [-0.1, -0.05) is 34.1 Å². The van der Waals surface area contributed by atoms with Crippen molar-refractivity contribution in [3.63, 3.8) is 0 Å². The van der Waals surface area contributed by atoms with E-state index in [-0.39, 0.29) is 5.91 Å². The molecule has 0 heterocycles. The van der Waals surface area contributed by atoms with Crippen LogP contribution in [0.2, 0.25) is 0 Å². The van der Waals surface area contributed by atoms with Gasteiger partial charge in [-0.25, -0.2) is 4.79 Å². The number of carboxylic acids is 1. The molecule has 0 fully saturated rings. The van der Waals surface area contributed by atoms with Gasteiger partial charge in [0.25, 0.3) is 0 Å². The van der Waals surface area contributed by atoms with E-state index in [0.717, 1.165) is 0 Å². The lowest BCUT2D eigenvalue weighted by molar-refractivity contribution is -0.141. The molecule has 1 aromatic rings. The lowest BCUT2D eigenvalue weighted by atomic mass is 10.1. The first-order chi connectivity index (χ1) is 7.02. The van der Waals surface area contributed by atoms with Gasteiger partial charge in [0.1, 0.15) is 0 Å². The van der Waals surface area contributed by atoms with E-state index in [9.17, 15) is 9.59 Å². The fourth-order valence-corrected chi connectivity index (χ4v) is 1.70. The monoisotopic (exact) mass is 271 g/mol. The molecule has 0 aromatic heterocycles. The Morgan fingerprint density at radius 2 is 2.00 bits per heavy atom. The molecular weight excluding hydrogens is 262 g/mol. The van der Waals surface area contributed by atoms with Crippen molar-refractivity contribution < 1.29 is 14.7 Å². The number of halogens is 1. The van der Waals surface area contributed by atoms with E-state index >= 15 is 0 Å². The van der Waals surface area contributed by atoms with Crippen molar-refractivity contribution in [2.24, 2.45) is 0 Å². The van der Waals surface area contributed by atoms with Gasteiger partial charge in [0.2, 0.25) is 5.91 Å². The SMILES string of the molecule is CC(=O)NC(C(=O)O)c1ccccc1Br. The summed E-state index contributed by atoms with van der Waals surface area (Å²) in [6.07, 6.45) is 0. The zero-order valence-corrected chi connectivity index (χ0v) is 9.61. The largest absolute Gasteiger partial charge is 0.479 e. The topological polar surface area (TPSA) is 66.4 Å². The standard InChI is InChI=1S/C10H10BrNO3/c1-6(13)12-9(10(14)15)7-4-2-3-5-8(7)11/h2-5,9H,1H3,(H,12,13)(H,14,15). The summed E-state index contributed by atoms with van der Waals surface area (Å²) in [5.41, 5.74) is 0.528. The normalized spacial score (nSPS) is 11.9. The number of hydrogen-bond donors (Lipinski definition) is 2. The molecule has 5 heteroatoms. The van der Waals surface area contributed by atoms with Gasteiger partial charge in [0.05, 0.1) is 0 Å². The highest BCUT2D eigenvalue weighted by Crippen LogP contribution is 2.23. The first-order valence-electron chi connectivity index (χ1n) is 4.26. The molecule has 0 spiro atoms. The number of carbonyl (C=O) groups is 2. The van der Waals surface area contributed by atoms with Crippen LogP contribution in [-0.2, 0) is 9.59 Å². The van der Waals surface area contributed by atoms with Crippen LogP contribution in [0, 0.1) is 0 Å². The van der Waals surface area contributed by atoms with E-state index < -0.39 is 12.0 Å². The van der Waals surface area contributed by atoms with Gasteiger partial charge in [-0.05, 0) is 11.6 Å². The molecule has 4 nitrogen and oxygen atoms in total. The molecule has 0 saturated carbocycles. The number of amides is 1. The van der Waals surface area contributed by atoms with Crippen LogP contribution >= 0.6 is 15.9 Å². The summed E-state index contributed by atoms with van der Waals surface area (Å²) in [4.78, 5) is 21.8. The van der Waals surface area contributed by atoms with Crippen molar-refractivity contribution >= 4 is 27.8 Å². The second-order valence-corrected chi connectivity index (χ2v) is 3.85. The van der Waals surface area contributed by atoms with Crippen LogP contribution in [0.15, 0.2) is 28.7 Å². The fraction of sp³-hybridized carbons (Fsp3) is 0.200. The van der Waals surface area contributed by atoms with Crippen LogP contribution < -0.4 is 5.32 Å². The van der Waals surface area contributed by atoms with Crippen molar-refractivity contribution in [1.29, 1.82) is 0 Å². The van der Waals surface area contributed by atoms with Crippen molar-refractivity contribution in [3.05, 3.63) is 34.3 Å². The van der Waals surface area contributed by atoms with Crippen LogP contribution in [0.1, 0.15) is 18.5 Å². The fourth-order valence-electron chi connectivity index (χ4n) is 1.18. The quantitative estimate of drug-likeness (QED) is 0.880. The average Bonchev–Trinajstić information content (AvgIpc) is 2.15. The minimum absolute atomic E-state index is 0.377. The molecule has 0 aliphatic carbocycles. The van der Waals surface area contributed by atoms with Gasteiger partial charge in [-0.3, -0.25) is 4.79 Å². The van der Waals surface area contributed by atoms with E-state index in [0.29, 0.717) is 10.0 Å². The molecular formula is C10H10BrNO3. The molecule has 80 valence electrons. The summed E-state index contributed by atoms with van der Waals surface area (Å²) >= 11 is 3.24. The van der Waals surface area contributed by atoms with Crippen LogP contribution in [0.5, 0.6) is 0 Å². The van der Waals surface area contributed by atoms with Gasteiger partial charge in [-0.2, -0.15) is 0 Å². The van der Waals surface area contributed by atoms with Crippen LogP contribution in [0.4, 0.5) is 0 Å². The number of carbonyl (C=O) groups excluding carboxylic acids is 1. The zero-order valence-electron chi connectivity index (χ0n) is 8.03. The second-order valence-electron chi connectivity index (χ2n) is 2.99. The number of carboxylic acid groups (broad SMARTS) is 1. The smallest absolute Gasteiger partial charge is 0.330 e. The molecule has 0 aliphatic heterocycles. The molecule has 1 atom stereocenters. The number of nitrogens with one attached hydrogen (secondary N) is 1. The maximum Gasteiger partial charge on any atom is 0.330 e. The highest BCUT2D eigenvalue weighted by molar-refractivity contribution is 9.10. The minimum Gasteiger partial charge on any atom is -0.479 e. The summed E-state index contributed by atoms with van der Waals surface area (Å²) < 4.78 is 0.658. The van der Waals surface area contributed by atoms with Gasteiger partial charge in [-0.15, -0.1) is 0 Å². The van der Waals surface area contributed by atoms with Crippen LogP contribution in [0.25, 0.3) is 0 Å². The van der Waals surface area contributed by atoms with Gasteiger partial charge < -0.3 is 10.4 Å². The summed E-state index contributed by atoms with van der Waals surface area (Å²) in [6, 6.07) is 5.86. The average molecular weight is 272 g/mol. The van der Waals surface area contributed by atoms with E-state index in [4.69, 9.17) is 5.11 Å². The first kappa shape index (κ1) is 11.7. The number of rotatable bonds is 3. The van der Waals surface area contributed by atoms with Gasteiger partial charge in [0, 0.05) is 11.4 Å². The Kier molecular flexibility index (Phi) is 3.85. The third-order valence-electron chi connectivity index (χ3n) is 1.81. The predicted molar refractivity (Wildman–Crippen MR) is 58.3 cm³/mol. The molecule has 2 N–H and O–H groups in total. The van der Waals surface area contributed by atoms with E-state index in [2.05, 4.69) is 21.2 Å². The molecule has 1 unspecified atom stereocenters. The zero-order chi connectivity index (χ0) is 11.4. The number of aliphatic carboxylic acids is 1. The maximum absolute atomic E-state index is 11.0. The van der Waals surface area contributed by atoms with E-state index in [1.807, 2.05) is 0 Å². The Hall–Kier alpha value is -1.36. The van der Waals surface area contributed by atoms with E-state index in [1.54, 1.807) is 24.3 Å². The Bertz CT molecular complexity index is 392. The molecule has 1 amide bonds. The van der Waals surface area contributed by atoms with Crippen molar-refractivity contribution in [1.82, 2.24) is 5.32 Å². The molecule has 0 aliphatic rings. The second kappa shape index (κ2) is 4.93.